The largest absolute Gasteiger partial charge is 0.497 e. The van der Waals surface area contributed by atoms with Gasteiger partial charge in [0.2, 0.25) is 0 Å². The summed E-state index contributed by atoms with van der Waals surface area (Å²) in [5.74, 6) is 1.52. The van der Waals surface area contributed by atoms with Gasteiger partial charge in [-0.05, 0) is 54.1 Å². The van der Waals surface area contributed by atoms with Crippen LogP contribution < -0.4 is 15.0 Å². The van der Waals surface area contributed by atoms with E-state index in [1.165, 1.54) is 4.68 Å². The van der Waals surface area contributed by atoms with E-state index in [0.29, 0.717) is 11.4 Å². The molecule has 0 aliphatic carbocycles. The minimum atomic E-state index is -0.195. The number of para-hydroxylation sites is 1. The molecule has 0 spiro atoms. The monoisotopic (exact) mass is 384 g/mol. The molecule has 0 bridgehead atoms. The predicted octanol–water partition coefficient (Wildman–Crippen LogP) is 4.58. The predicted molar refractivity (Wildman–Crippen MR) is 114 cm³/mol. The fourth-order valence-corrected chi connectivity index (χ4v) is 3.16. The van der Waals surface area contributed by atoms with Crippen LogP contribution in [0, 0.1) is 0 Å². The van der Waals surface area contributed by atoms with Crippen LogP contribution in [0.4, 0.5) is 0 Å². The summed E-state index contributed by atoms with van der Waals surface area (Å²) in [6.45, 7) is 0. The van der Waals surface area contributed by atoms with E-state index in [1.54, 1.807) is 20.3 Å². The molecular formula is C24H20N2O3. The zero-order chi connectivity index (χ0) is 20.2. The number of hydrogen-bond donors (Lipinski definition) is 0. The van der Waals surface area contributed by atoms with E-state index in [9.17, 15) is 4.79 Å². The van der Waals surface area contributed by atoms with Gasteiger partial charge in [-0.15, -0.1) is 0 Å². The Kier molecular flexibility index (Phi) is 5.12. The van der Waals surface area contributed by atoms with Crippen LogP contribution in [-0.4, -0.2) is 24.0 Å². The van der Waals surface area contributed by atoms with Crippen molar-refractivity contribution < 1.29 is 9.47 Å². The molecular weight excluding hydrogens is 364 g/mol. The molecule has 4 rings (SSSR count). The van der Waals surface area contributed by atoms with Crippen molar-refractivity contribution in [2.24, 2.45) is 0 Å². The highest BCUT2D eigenvalue weighted by molar-refractivity contribution is 5.80. The molecule has 5 heteroatoms. The van der Waals surface area contributed by atoms with Crippen molar-refractivity contribution in [3.63, 3.8) is 0 Å². The SMILES string of the molecule is COc1ccc(-c2cc(=O)n(-c3ccccc3)nc2-c2ccc(OC)cc2)cc1. The highest BCUT2D eigenvalue weighted by Gasteiger charge is 2.14. The second-order valence-corrected chi connectivity index (χ2v) is 6.45. The lowest BCUT2D eigenvalue weighted by atomic mass is 10.00. The van der Waals surface area contributed by atoms with Crippen molar-refractivity contribution in [3.8, 4) is 39.6 Å². The molecule has 0 amide bonds. The van der Waals surface area contributed by atoms with Gasteiger partial charge in [-0.1, -0.05) is 30.3 Å². The number of aromatic nitrogens is 2. The van der Waals surface area contributed by atoms with E-state index in [1.807, 2.05) is 78.9 Å². The lowest BCUT2D eigenvalue weighted by molar-refractivity contribution is 0.414. The van der Waals surface area contributed by atoms with Gasteiger partial charge < -0.3 is 9.47 Å². The zero-order valence-electron chi connectivity index (χ0n) is 16.2. The average Bonchev–Trinajstić information content (AvgIpc) is 2.79. The molecule has 1 aromatic heterocycles. The first-order valence-corrected chi connectivity index (χ1v) is 9.18. The summed E-state index contributed by atoms with van der Waals surface area (Å²) in [5, 5.41) is 4.72. The average molecular weight is 384 g/mol. The Morgan fingerprint density at radius 1 is 0.724 bits per heavy atom. The van der Waals surface area contributed by atoms with E-state index in [0.717, 1.165) is 28.2 Å². The fraction of sp³-hybridized carbons (Fsp3) is 0.0833. The summed E-state index contributed by atoms with van der Waals surface area (Å²) in [7, 11) is 3.26. The molecule has 0 saturated carbocycles. The Labute approximate surface area is 168 Å². The molecule has 0 unspecified atom stereocenters. The molecule has 0 radical (unpaired) electrons. The van der Waals surface area contributed by atoms with Crippen LogP contribution in [0.15, 0.2) is 89.7 Å². The molecule has 5 nitrogen and oxygen atoms in total. The van der Waals surface area contributed by atoms with Crippen LogP contribution in [0.5, 0.6) is 11.5 Å². The first-order chi connectivity index (χ1) is 14.2. The maximum atomic E-state index is 12.9. The van der Waals surface area contributed by atoms with E-state index in [4.69, 9.17) is 14.6 Å². The minimum absolute atomic E-state index is 0.195. The Morgan fingerprint density at radius 3 is 1.83 bits per heavy atom. The Bertz CT molecular complexity index is 1170. The zero-order valence-corrected chi connectivity index (χ0v) is 16.2. The summed E-state index contributed by atoms with van der Waals surface area (Å²) in [6.07, 6.45) is 0. The van der Waals surface area contributed by atoms with E-state index in [-0.39, 0.29) is 5.56 Å². The highest BCUT2D eigenvalue weighted by atomic mass is 16.5. The van der Waals surface area contributed by atoms with Gasteiger partial charge in [-0.25, -0.2) is 0 Å². The minimum Gasteiger partial charge on any atom is -0.497 e. The molecule has 0 atom stereocenters. The number of ether oxygens (including phenoxy) is 2. The molecule has 1 heterocycles. The topological polar surface area (TPSA) is 53.4 Å². The molecule has 0 N–H and O–H groups in total. The van der Waals surface area contributed by atoms with Crippen molar-refractivity contribution in [1.29, 1.82) is 0 Å². The quantitative estimate of drug-likeness (QED) is 0.505. The second kappa shape index (κ2) is 8.02. The summed E-state index contributed by atoms with van der Waals surface area (Å²) in [4.78, 5) is 12.9. The Morgan fingerprint density at radius 2 is 1.28 bits per heavy atom. The summed E-state index contributed by atoms with van der Waals surface area (Å²) in [5.41, 5.74) is 3.77. The standard InChI is InChI=1S/C24H20N2O3/c1-28-20-12-8-17(9-13-20)22-16-23(27)26(19-6-4-3-5-7-19)25-24(22)18-10-14-21(29-2)15-11-18/h3-16H,1-2H3. The molecule has 0 saturated heterocycles. The molecule has 3 aromatic carbocycles. The lowest BCUT2D eigenvalue weighted by Crippen LogP contribution is -2.21. The number of nitrogens with zero attached hydrogens (tertiary/aromatic N) is 2. The molecule has 29 heavy (non-hydrogen) atoms. The molecule has 0 aliphatic heterocycles. The van der Waals surface area contributed by atoms with Crippen molar-refractivity contribution in [1.82, 2.24) is 9.78 Å². The molecule has 4 aromatic rings. The summed E-state index contributed by atoms with van der Waals surface area (Å²) < 4.78 is 11.9. The Balaban J connectivity index is 1.93. The molecule has 0 aliphatic rings. The maximum Gasteiger partial charge on any atom is 0.272 e. The first kappa shape index (κ1) is 18.5. The van der Waals surface area contributed by atoms with Crippen LogP contribution >= 0.6 is 0 Å². The van der Waals surface area contributed by atoms with E-state index in [2.05, 4.69) is 0 Å². The normalized spacial score (nSPS) is 10.6. The van der Waals surface area contributed by atoms with Gasteiger partial charge in [0.1, 0.15) is 11.5 Å². The fourth-order valence-electron chi connectivity index (χ4n) is 3.16. The van der Waals surface area contributed by atoms with Crippen molar-refractivity contribution in [2.45, 2.75) is 0 Å². The third kappa shape index (κ3) is 3.75. The van der Waals surface area contributed by atoms with Crippen molar-refractivity contribution >= 4 is 0 Å². The van der Waals surface area contributed by atoms with Gasteiger partial charge in [-0.2, -0.15) is 9.78 Å². The van der Waals surface area contributed by atoms with Gasteiger partial charge >= 0.3 is 0 Å². The second-order valence-electron chi connectivity index (χ2n) is 6.45. The Hall–Kier alpha value is -3.86. The molecule has 144 valence electrons. The van der Waals surface area contributed by atoms with Crippen LogP contribution in [0.25, 0.3) is 28.1 Å². The van der Waals surface area contributed by atoms with Crippen LogP contribution in [0.1, 0.15) is 0 Å². The summed E-state index contributed by atoms with van der Waals surface area (Å²) in [6, 6.07) is 26.3. The van der Waals surface area contributed by atoms with Gasteiger partial charge in [0.05, 0.1) is 25.6 Å². The van der Waals surface area contributed by atoms with E-state index >= 15 is 0 Å². The van der Waals surface area contributed by atoms with Crippen LogP contribution in [-0.2, 0) is 0 Å². The van der Waals surface area contributed by atoms with Gasteiger partial charge in [0, 0.05) is 17.2 Å². The lowest BCUT2D eigenvalue weighted by Gasteiger charge is -2.13. The number of hydrogen-bond acceptors (Lipinski definition) is 4. The number of methoxy groups -OCH3 is 2. The number of rotatable bonds is 5. The van der Waals surface area contributed by atoms with E-state index < -0.39 is 0 Å². The van der Waals surface area contributed by atoms with Crippen molar-refractivity contribution in [2.75, 3.05) is 14.2 Å². The highest BCUT2D eigenvalue weighted by Crippen LogP contribution is 2.31. The van der Waals surface area contributed by atoms with Crippen LogP contribution in [0.2, 0.25) is 0 Å². The third-order valence-electron chi connectivity index (χ3n) is 4.70. The molecule has 0 fully saturated rings. The van der Waals surface area contributed by atoms with Crippen molar-refractivity contribution in [3.05, 3.63) is 95.3 Å². The maximum absolute atomic E-state index is 12.9. The number of benzene rings is 3. The third-order valence-corrected chi connectivity index (χ3v) is 4.70. The van der Waals surface area contributed by atoms with Gasteiger partial charge in [0.25, 0.3) is 5.56 Å². The van der Waals surface area contributed by atoms with Gasteiger partial charge in [0.15, 0.2) is 0 Å². The summed E-state index contributed by atoms with van der Waals surface area (Å²) >= 11 is 0. The van der Waals surface area contributed by atoms with Crippen LogP contribution in [0.3, 0.4) is 0 Å². The smallest absolute Gasteiger partial charge is 0.272 e. The first-order valence-electron chi connectivity index (χ1n) is 9.18. The van der Waals surface area contributed by atoms with Gasteiger partial charge in [-0.3, -0.25) is 4.79 Å².